The van der Waals surface area contributed by atoms with Crippen molar-refractivity contribution in [3.05, 3.63) is 47.2 Å². The van der Waals surface area contributed by atoms with Crippen LogP contribution in [0.15, 0.2) is 46.6 Å². The summed E-state index contributed by atoms with van der Waals surface area (Å²) in [6.07, 6.45) is 3.67. The molecule has 6 nitrogen and oxygen atoms in total. The van der Waals surface area contributed by atoms with Gasteiger partial charge >= 0.3 is 5.97 Å². The molecule has 2 aliphatic heterocycles. The maximum Gasteiger partial charge on any atom is 0.338 e. The van der Waals surface area contributed by atoms with Gasteiger partial charge in [-0.05, 0) is 19.9 Å². The highest BCUT2D eigenvalue weighted by atomic mass is 32.2. The van der Waals surface area contributed by atoms with Crippen molar-refractivity contribution in [3.63, 3.8) is 0 Å². The standard InChI is InChI=1S/C19H20N2O4S/c1-11-16(18(23)25-4)14(21-17(22)12(2)26-19(21)20-11)10-9-13-7-5-6-8-15(13)24-3/h5-10,12,14H,1-4H3/b10-9+/t12-,14-/m0/s1. The molecule has 0 aromatic heterocycles. The summed E-state index contributed by atoms with van der Waals surface area (Å²) in [6.45, 7) is 3.59. The lowest BCUT2D eigenvalue weighted by atomic mass is 10.00. The molecule has 1 aromatic carbocycles. The van der Waals surface area contributed by atoms with Gasteiger partial charge in [0.25, 0.3) is 0 Å². The number of nitrogens with zero attached hydrogens (tertiary/aromatic N) is 2. The van der Waals surface area contributed by atoms with Crippen LogP contribution in [0.3, 0.4) is 0 Å². The second-order valence-electron chi connectivity index (χ2n) is 5.90. The van der Waals surface area contributed by atoms with E-state index in [4.69, 9.17) is 9.47 Å². The van der Waals surface area contributed by atoms with Crippen LogP contribution in [0.1, 0.15) is 19.4 Å². The van der Waals surface area contributed by atoms with Crippen molar-refractivity contribution in [2.45, 2.75) is 25.1 Å². The number of aliphatic imine (C=N–C) groups is 1. The van der Waals surface area contributed by atoms with Crippen LogP contribution in [0, 0.1) is 0 Å². The largest absolute Gasteiger partial charge is 0.496 e. The monoisotopic (exact) mass is 372 g/mol. The molecule has 1 amide bonds. The number of thioether (sulfide) groups is 1. The molecular weight excluding hydrogens is 352 g/mol. The van der Waals surface area contributed by atoms with Crippen LogP contribution >= 0.6 is 11.8 Å². The number of hydrogen-bond donors (Lipinski definition) is 0. The first-order valence-electron chi connectivity index (χ1n) is 8.16. The van der Waals surface area contributed by atoms with Gasteiger partial charge < -0.3 is 9.47 Å². The Morgan fingerprint density at radius 1 is 1.31 bits per heavy atom. The first-order valence-corrected chi connectivity index (χ1v) is 9.04. The molecule has 1 fully saturated rings. The molecule has 0 spiro atoms. The number of rotatable bonds is 4. The van der Waals surface area contributed by atoms with Gasteiger partial charge in [-0.2, -0.15) is 0 Å². The number of carbonyl (C=O) groups is 2. The first kappa shape index (κ1) is 18.3. The number of ether oxygens (including phenoxy) is 2. The maximum atomic E-state index is 12.6. The molecule has 0 bridgehead atoms. The number of methoxy groups -OCH3 is 2. The van der Waals surface area contributed by atoms with Gasteiger partial charge in [0.05, 0.1) is 36.8 Å². The number of benzene rings is 1. The highest BCUT2D eigenvalue weighted by molar-refractivity contribution is 8.15. The smallest absolute Gasteiger partial charge is 0.338 e. The minimum absolute atomic E-state index is 0.0719. The molecule has 3 rings (SSSR count). The summed E-state index contributed by atoms with van der Waals surface area (Å²) < 4.78 is 10.3. The number of carbonyl (C=O) groups excluding carboxylic acids is 2. The fourth-order valence-electron chi connectivity index (χ4n) is 3.00. The number of allylic oxidation sites excluding steroid dienone is 1. The van der Waals surface area contributed by atoms with Crippen LogP contribution in [0.2, 0.25) is 0 Å². The lowest BCUT2D eigenvalue weighted by molar-refractivity contribution is -0.137. The molecule has 7 heteroatoms. The summed E-state index contributed by atoms with van der Waals surface area (Å²) >= 11 is 1.40. The summed E-state index contributed by atoms with van der Waals surface area (Å²) in [5.74, 6) is 0.152. The Kier molecular flexibility index (Phi) is 5.18. The summed E-state index contributed by atoms with van der Waals surface area (Å²) in [5, 5.41) is 0.378. The molecule has 0 radical (unpaired) electrons. The maximum absolute atomic E-state index is 12.6. The van der Waals surface area contributed by atoms with Gasteiger partial charge in [0, 0.05) is 5.56 Å². The van der Waals surface area contributed by atoms with Crippen molar-refractivity contribution in [2.24, 2.45) is 4.99 Å². The van der Waals surface area contributed by atoms with Crippen LogP contribution < -0.4 is 4.74 Å². The van der Waals surface area contributed by atoms with E-state index in [2.05, 4.69) is 4.99 Å². The third kappa shape index (κ3) is 3.14. The van der Waals surface area contributed by atoms with Crippen molar-refractivity contribution in [2.75, 3.05) is 14.2 Å². The molecule has 0 aliphatic carbocycles. The lowest BCUT2D eigenvalue weighted by Crippen LogP contribution is -2.44. The second-order valence-corrected chi connectivity index (χ2v) is 7.21. The van der Waals surface area contributed by atoms with Gasteiger partial charge in [0.1, 0.15) is 5.75 Å². The Balaban J connectivity index is 2.05. The Morgan fingerprint density at radius 3 is 2.73 bits per heavy atom. The van der Waals surface area contributed by atoms with E-state index in [1.165, 1.54) is 18.9 Å². The number of hydrogen-bond acceptors (Lipinski definition) is 6. The fourth-order valence-corrected chi connectivity index (χ4v) is 4.04. The van der Waals surface area contributed by atoms with Gasteiger partial charge in [-0.25, -0.2) is 9.79 Å². The van der Waals surface area contributed by atoms with Crippen molar-refractivity contribution < 1.29 is 19.1 Å². The molecule has 0 saturated carbocycles. The van der Waals surface area contributed by atoms with Gasteiger partial charge in [-0.1, -0.05) is 42.1 Å². The van der Waals surface area contributed by atoms with E-state index in [-0.39, 0.29) is 11.2 Å². The van der Waals surface area contributed by atoms with Crippen LogP contribution in [0.5, 0.6) is 5.75 Å². The molecule has 1 saturated heterocycles. The van der Waals surface area contributed by atoms with E-state index in [0.29, 0.717) is 22.2 Å². The third-order valence-electron chi connectivity index (χ3n) is 4.30. The van der Waals surface area contributed by atoms with E-state index >= 15 is 0 Å². The van der Waals surface area contributed by atoms with Crippen molar-refractivity contribution >= 4 is 34.9 Å². The Hall–Kier alpha value is -2.54. The minimum Gasteiger partial charge on any atom is -0.496 e. The Bertz CT molecular complexity index is 844. The van der Waals surface area contributed by atoms with Crippen molar-refractivity contribution in [1.82, 2.24) is 4.90 Å². The van der Waals surface area contributed by atoms with Crippen LogP contribution in [-0.4, -0.2) is 47.5 Å². The van der Waals surface area contributed by atoms with Crippen molar-refractivity contribution in [1.29, 1.82) is 0 Å². The van der Waals surface area contributed by atoms with Gasteiger partial charge in [-0.3, -0.25) is 9.69 Å². The van der Waals surface area contributed by atoms with Crippen LogP contribution in [0.25, 0.3) is 6.08 Å². The molecule has 2 heterocycles. The van der Waals surface area contributed by atoms with E-state index in [0.717, 1.165) is 5.56 Å². The van der Waals surface area contributed by atoms with Crippen LogP contribution in [-0.2, 0) is 14.3 Å². The van der Waals surface area contributed by atoms with Crippen LogP contribution in [0.4, 0.5) is 0 Å². The second kappa shape index (κ2) is 7.37. The summed E-state index contributed by atoms with van der Waals surface area (Å²) in [4.78, 5) is 31.0. The number of para-hydroxylation sites is 1. The quantitative estimate of drug-likeness (QED) is 0.760. The predicted octanol–water partition coefficient (Wildman–Crippen LogP) is 2.86. The fraction of sp³-hybridized carbons (Fsp3) is 0.316. The van der Waals surface area contributed by atoms with E-state index in [1.54, 1.807) is 18.9 Å². The third-order valence-corrected chi connectivity index (χ3v) is 5.36. The zero-order valence-electron chi connectivity index (χ0n) is 15.1. The number of amidine groups is 1. The molecule has 0 N–H and O–H groups in total. The zero-order valence-corrected chi connectivity index (χ0v) is 15.9. The first-order chi connectivity index (χ1) is 12.5. The van der Waals surface area contributed by atoms with Crippen molar-refractivity contribution in [3.8, 4) is 5.75 Å². The molecule has 2 aliphatic rings. The molecule has 2 atom stereocenters. The molecule has 26 heavy (non-hydrogen) atoms. The highest BCUT2D eigenvalue weighted by Crippen LogP contribution is 2.37. The molecular formula is C19H20N2O4S. The average Bonchev–Trinajstić information content (AvgIpc) is 2.92. The topological polar surface area (TPSA) is 68.2 Å². The molecule has 1 aromatic rings. The van der Waals surface area contributed by atoms with Gasteiger partial charge in [0.2, 0.25) is 5.91 Å². The number of esters is 1. The normalized spacial score (nSPS) is 22.5. The average molecular weight is 372 g/mol. The van der Waals surface area contributed by atoms with E-state index in [1.807, 2.05) is 43.3 Å². The molecule has 136 valence electrons. The van der Waals surface area contributed by atoms with Gasteiger partial charge in [0.15, 0.2) is 5.17 Å². The van der Waals surface area contributed by atoms with Gasteiger partial charge in [-0.15, -0.1) is 0 Å². The van der Waals surface area contributed by atoms with E-state index in [9.17, 15) is 9.59 Å². The Labute approximate surface area is 156 Å². The SMILES string of the molecule is COC(=O)C1=C(C)N=C2S[C@@H](C)C(=O)N2[C@H]1/C=C/c1ccccc1OC. The summed E-state index contributed by atoms with van der Waals surface area (Å²) in [5.41, 5.74) is 1.78. The number of fused-ring (bicyclic) bond motifs is 1. The lowest BCUT2D eigenvalue weighted by Gasteiger charge is -2.30. The summed E-state index contributed by atoms with van der Waals surface area (Å²) in [6, 6.07) is 6.98. The minimum atomic E-state index is -0.565. The summed E-state index contributed by atoms with van der Waals surface area (Å²) in [7, 11) is 2.93. The predicted molar refractivity (Wildman–Crippen MR) is 102 cm³/mol. The van der Waals surface area contributed by atoms with E-state index < -0.39 is 12.0 Å². The molecule has 0 unspecified atom stereocenters. The number of amides is 1. The highest BCUT2D eigenvalue weighted by Gasteiger charge is 2.44. The Morgan fingerprint density at radius 2 is 2.04 bits per heavy atom. The zero-order chi connectivity index (χ0) is 18.8.